The van der Waals surface area contributed by atoms with Crippen LogP contribution in [0.3, 0.4) is 0 Å². The molecule has 24 heavy (non-hydrogen) atoms. The maximum absolute atomic E-state index is 12.2. The lowest BCUT2D eigenvalue weighted by atomic mass is 9.93. The summed E-state index contributed by atoms with van der Waals surface area (Å²) in [6.45, 7) is 4.09. The Kier molecular flexibility index (Phi) is 4.32. The van der Waals surface area contributed by atoms with E-state index in [1.165, 1.54) is 0 Å². The van der Waals surface area contributed by atoms with Crippen LogP contribution in [0.15, 0.2) is 47.3 Å². The van der Waals surface area contributed by atoms with Gasteiger partial charge in [-0.05, 0) is 24.3 Å². The average Bonchev–Trinajstić information content (AvgIpc) is 3.32. The van der Waals surface area contributed by atoms with Gasteiger partial charge in [0.15, 0.2) is 0 Å². The van der Waals surface area contributed by atoms with E-state index in [0.29, 0.717) is 23.9 Å². The largest absolute Gasteiger partial charge is 0.468 e. The zero-order valence-electron chi connectivity index (χ0n) is 13.4. The Bertz CT molecular complexity index is 674. The van der Waals surface area contributed by atoms with E-state index < -0.39 is 0 Å². The molecular formula is C18H21N3O3. The van der Waals surface area contributed by atoms with Crippen LogP contribution in [0.4, 0.5) is 0 Å². The van der Waals surface area contributed by atoms with Crippen molar-refractivity contribution in [1.82, 2.24) is 15.2 Å². The van der Waals surface area contributed by atoms with E-state index in [-0.39, 0.29) is 12.0 Å². The number of nitrogens with one attached hydrogen (secondary N) is 1. The van der Waals surface area contributed by atoms with Gasteiger partial charge in [0.05, 0.1) is 31.1 Å². The molecule has 0 saturated carbocycles. The molecule has 2 aromatic heterocycles. The van der Waals surface area contributed by atoms with Gasteiger partial charge in [0, 0.05) is 43.9 Å². The first kappa shape index (κ1) is 15.4. The summed E-state index contributed by atoms with van der Waals surface area (Å²) in [6.07, 6.45) is 5.22. The van der Waals surface area contributed by atoms with Crippen LogP contribution in [0.2, 0.25) is 0 Å². The molecule has 2 fully saturated rings. The van der Waals surface area contributed by atoms with Crippen LogP contribution in [-0.2, 0) is 11.3 Å². The molecule has 2 aliphatic rings. The molecule has 4 rings (SSSR count). The molecule has 2 aromatic rings. The van der Waals surface area contributed by atoms with Crippen molar-refractivity contribution in [1.29, 1.82) is 0 Å². The molecule has 4 heterocycles. The first-order valence-electron chi connectivity index (χ1n) is 8.34. The zero-order valence-corrected chi connectivity index (χ0v) is 13.4. The number of amides is 1. The minimum absolute atomic E-state index is 0.0722. The average molecular weight is 327 g/mol. The van der Waals surface area contributed by atoms with Gasteiger partial charge in [0.1, 0.15) is 5.76 Å². The summed E-state index contributed by atoms with van der Waals surface area (Å²) in [7, 11) is 0. The third-order valence-electron chi connectivity index (χ3n) is 4.92. The summed E-state index contributed by atoms with van der Waals surface area (Å²) in [5.41, 5.74) is 0.596. The first-order chi connectivity index (χ1) is 11.8. The van der Waals surface area contributed by atoms with E-state index in [1.807, 2.05) is 12.1 Å². The molecule has 0 bridgehead atoms. The Balaban J connectivity index is 1.30. The van der Waals surface area contributed by atoms with Gasteiger partial charge >= 0.3 is 0 Å². The van der Waals surface area contributed by atoms with E-state index in [0.717, 1.165) is 32.0 Å². The summed E-state index contributed by atoms with van der Waals surface area (Å²) in [6, 6.07) is 7.46. The third kappa shape index (κ3) is 3.20. The number of fused-ring (bicyclic) bond motifs is 1. The number of hydrogen-bond acceptors (Lipinski definition) is 5. The maximum atomic E-state index is 12.2. The second kappa shape index (κ2) is 6.75. The minimum Gasteiger partial charge on any atom is -0.468 e. The molecule has 1 amide bonds. The van der Waals surface area contributed by atoms with Crippen LogP contribution in [0, 0.1) is 11.8 Å². The number of pyridine rings is 1. The first-order valence-corrected chi connectivity index (χ1v) is 8.34. The van der Waals surface area contributed by atoms with E-state index in [2.05, 4.69) is 15.2 Å². The van der Waals surface area contributed by atoms with Gasteiger partial charge in [-0.3, -0.25) is 14.7 Å². The SMILES string of the molecule is O=C(NC[C@@H]1CO[C@@H]2CN(Cc3ccco3)C[C@H]12)c1cccnc1. The van der Waals surface area contributed by atoms with Gasteiger partial charge in [0.25, 0.3) is 5.91 Å². The normalized spacial score (nSPS) is 26.4. The van der Waals surface area contributed by atoms with Crippen molar-refractivity contribution in [3.8, 4) is 0 Å². The Morgan fingerprint density at radius 2 is 2.29 bits per heavy atom. The second-order valence-corrected chi connectivity index (χ2v) is 6.52. The molecule has 6 nitrogen and oxygen atoms in total. The number of aromatic nitrogens is 1. The summed E-state index contributed by atoms with van der Waals surface area (Å²) in [4.78, 5) is 18.5. The molecule has 2 saturated heterocycles. The smallest absolute Gasteiger partial charge is 0.252 e. The van der Waals surface area contributed by atoms with Crippen molar-refractivity contribution in [3.05, 3.63) is 54.2 Å². The molecule has 2 aliphatic heterocycles. The highest BCUT2D eigenvalue weighted by Crippen LogP contribution is 2.34. The van der Waals surface area contributed by atoms with E-state index in [1.54, 1.807) is 30.8 Å². The van der Waals surface area contributed by atoms with E-state index in [9.17, 15) is 4.79 Å². The van der Waals surface area contributed by atoms with Gasteiger partial charge in [-0.1, -0.05) is 0 Å². The summed E-state index contributed by atoms with van der Waals surface area (Å²) < 4.78 is 11.4. The summed E-state index contributed by atoms with van der Waals surface area (Å²) >= 11 is 0. The standard InChI is InChI=1S/C18H21N3O3/c22-18(13-3-1-5-19-7-13)20-8-14-12-24-17-11-21(10-16(14)17)9-15-4-2-6-23-15/h1-7,14,16-17H,8-12H2,(H,20,22)/t14-,16-,17-/m1/s1. The van der Waals surface area contributed by atoms with Gasteiger partial charge in [0.2, 0.25) is 0 Å². The number of carbonyl (C=O) groups excluding carboxylic acids is 1. The molecule has 0 unspecified atom stereocenters. The highest BCUT2D eigenvalue weighted by Gasteiger charge is 2.43. The van der Waals surface area contributed by atoms with Crippen LogP contribution in [0.1, 0.15) is 16.1 Å². The van der Waals surface area contributed by atoms with E-state index >= 15 is 0 Å². The van der Waals surface area contributed by atoms with Crippen LogP contribution in [0.5, 0.6) is 0 Å². The Morgan fingerprint density at radius 3 is 3.08 bits per heavy atom. The lowest BCUT2D eigenvalue weighted by Gasteiger charge is -2.19. The highest BCUT2D eigenvalue weighted by atomic mass is 16.5. The summed E-state index contributed by atoms with van der Waals surface area (Å²) in [5, 5.41) is 3.02. The number of nitrogens with zero attached hydrogens (tertiary/aromatic N) is 2. The molecule has 6 heteroatoms. The third-order valence-corrected chi connectivity index (χ3v) is 4.92. The fourth-order valence-corrected chi connectivity index (χ4v) is 3.67. The van der Waals surface area contributed by atoms with Crippen molar-refractivity contribution < 1.29 is 13.9 Å². The summed E-state index contributed by atoms with van der Waals surface area (Å²) in [5.74, 6) is 1.74. The van der Waals surface area contributed by atoms with Gasteiger partial charge in [-0.2, -0.15) is 0 Å². The fourth-order valence-electron chi connectivity index (χ4n) is 3.67. The minimum atomic E-state index is -0.0722. The monoisotopic (exact) mass is 327 g/mol. The molecule has 3 atom stereocenters. The number of hydrogen-bond donors (Lipinski definition) is 1. The molecule has 0 aromatic carbocycles. The number of likely N-dealkylation sites (tertiary alicyclic amines) is 1. The van der Waals surface area contributed by atoms with Crippen molar-refractivity contribution in [2.45, 2.75) is 12.6 Å². The molecule has 1 N–H and O–H groups in total. The van der Waals surface area contributed by atoms with Gasteiger partial charge in [-0.15, -0.1) is 0 Å². The van der Waals surface area contributed by atoms with Crippen molar-refractivity contribution >= 4 is 5.91 Å². The van der Waals surface area contributed by atoms with Crippen LogP contribution < -0.4 is 5.32 Å². The van der Waals surface area contributed by atoms with Crippen LogP contribution in [0.25, 0.3) is 0 Å². The molecule has 126 valence electrons. The van der Waals surface area contributed by atoms with Gasteiger partial charge < -0.3 is 14.5 Å². The predicted octanol–water partition coefficient (Wildman–Crippen LogP) is 1.55. The molecule has 0 spiro atoms. The zero-order chi connectivity index (χ0) is 16.4. The molecule has 0 radical (unpaired) electrons. The number of rotatable bonds is 5. The predicted molar refractivity (Wildman–Crippen MR) is 87.3 cm³/mol. The Labute approximate surface area is 140 Å². The molecular weight excluding hydrogens is 306 g/mol. The van der Waals surface area contributed by atoms with Crippen LogP contribution >= 0.6 is 0 Å². The topological polar surface area (TPSA) is 67.6 Å². The lowest BCUT2D eigenvalue weighted by Crippen LogP contribution is -2.34. The number of carbonyl (C=O) groups is 1. The van der Waals surface area contributed by atoms with Crippen molar-refractivity contribution in [2.24, 2.45) is 11.8 Å². The Hall–Kier alpha value is -2.18. The number of furan rings is 1. The molecule has 0 aliphatic carbocycles. The Morgan fingerprint density at radius 1 is 1.33 bits per heavy atom. The second-order valence-electron chi connectivity index (χ2n) is 6.52. The van der Waals surface area contributed by atoms with Gasteiger partial charge in [-0.25, -0.2) is 0 Å². The lowest BCUT2D eigenvalue weighted by molar-refractivity contribution is 0.0897. The van der Waals surface area contributed by atoms with Crippen LogP contribution in [-0.4, -0.2) is 48.1 Å². The van der Waals surface area contributed by atoms with E-state index in [4.69, 9.17) is 9.15 Å². The quantitative estimate of drug-likeness (QED) is 0.902. The number of ether oxygens (including phenoxy) is 1. The maximum Gasteiger partial charge on any atom is 0.252 e. The van der Waals surface area contributed by atoms with Crippen molar-refractivity contribution in [2.75, 3.05) is 26.2 Å². The fraction of sp³-hybridized carbons (Fsp3) is 0.444. The highest BCUT2D eigenvalue weighted by molar-refractivity contribution is 5.93. The van der Waals surface area contributed by atoms with Crippen molar-refractivity contribution in [3.63, 3.8) is 0 Å².